The van der Waals surface area contributed by atoms with Crippen LogP contribution in [0, 0.1) is 0 Å². The Kier molecular flexibility index (Phi) is 21.4. The topological polar surface area (TPSA) is 32.3 Å². The summed E-state index contributed by atoms with van der Waals surface area (Å²) in [5, 5.41) is 12.0. The fourth-order valence-electron chi connectivity index (χ4n) is 1.87. The zero-order valence-electron chi connectivity index (χ0n) is 11.5. The van der Waals surface area contributed by atoms with E-state index >= 15 is 0 Å². The van der Waals surface area contributed by atoms with Gasteiger partial charge in [-0.1, -0.05) is 51.9 Å². The summed E-state index contributed by atoms with van der Waals surface area (Å²) < 4.78 is 0. The summed E-state index contributed by atoms with van der Waals surface area (Å²) in [6, 6.07) is 0. The van der Waals surface area contributed by atoms with Crippen molar-refractivity contribution in [2.24, 2.45) is 0 Å². The summed E-state index contributed by atoms with van der Waals surface area (Å²) in [5.41, 5.74) is 0. The second-order valence-electron chi connectivity index (χ2n) is 4.66. The monoisotopic (exact) mass is 265 g/mol. The number of rotatable bonds is 13. The zero-order chi connectivity index (χ0) is 11.9. The average Bonchev–Trinajstić information content (AvgIpc) is 2.31. The maximum absolute atomic E-state index is 8.60. The van der Waals surface area contributed by atoms with Crippen molar-refractivity contribution in [1.29, 1.82) is 0 Å². The molecule has 0 aliphatic heterocycles. The standard InChI is InChI=1S/C14H31NO.ClH/c1-2-3-4-5-6-7-8-9-12-15-13-10-11-14-16;/h15-16H,2-14H2,1H3;1H. The minimum atomic E-state index is 0. The summed E-state index contributed by atoms with van der Waals surface area (Å²) in [4.78, 5) is 0. The van der Waals surface area contributed by atoms with Crippen LogP contribution in [0.2, 0.25) is 0 Å². The van der Waals surface area contributed by atoms with E-state index in [1.54, 1.807) is 0 Å². The number of halogens is 1. The van der Waals surface area contributed by atoms with Crippen LogP contribution >= 0.6 is 12.4 Å². The lowest BCUT2D eigenvalue weighted by Gasteiger charge is -2.04. The first kappa shape index (κ1) is 19.5. The van der Waals surface area contributed by atoms with E-state index in [1.807, 2.05) is 0 Å². The fraction of sp³-hybridized carbons (Fsp3) is 1.00. The fourth-order valence-corrected chi connectivity index (χ4v) is 1.87. The molecular formula is C14H32ClNO. The third-order valence-corrected chi connectivity index (χ3v) is 2.97. The highest BCUT2D eigenvalue weighted by Crippen LogP contribution is 2.07. The van der Waals surface area contributed by atoms with Crippen molar-refractivity contribution < 1.29 is 5.11 Å². The number of aliphatic hydroxyl groups excluding tert-OH is 1. The zero-order valence-corrected chi connectivity index (χ0v) is 12.4. The van der Waals surface area contributed by atoms with Gasteiger partial charge in [0.15, 0.2) is 0 Å². The molecule has 106 valence electrons. The highest BCUT2D eigenvalue weighted by atomic mass is 35.5. The quantitative estimate of drug-likeness (QED) is 0.495. The molecule has 0 saturated carbocycles. The normalized spacial score (nSPS) is 10.2. The predicted octanol–water partition coefficient (Wildman–Crippen LogP) is 3.91. The van der Waals surface area contributed by atoms with Gasteiger partial charge in [0.2, 0.25) is 0 Å². The second-order valence-corrected chi connectivity index (χ2v) is 4.66. The molecule has 17 heavy (non-hydrogen) atoms. The Hall–Kier alpha value is 0.210. The minimum Gasteiger partial charge on any atom is -0.396 e. The van der Waals surface area contributed by atoms with Gasteiger partial charge < -0.3 is 10.4 Å². The van der Waals surface area contributed by atoms with Crippen molar-refractivity contribution in [2.75, 3.05) is 19.7 Å². The first-order chi connectivity index (χ1) is 7.91. The van der Waals surface area contributed by atoms with Crippen molar-refractivity contribution in [3.05, 3.63) is 0 Å². The molecule has 0 atom stereocenters. The van der Waals surface area contributed by atoms with E-state index in [0.29, 0.717) is 6.61 Å². The Morgan fingerprint density at radius 3 is 1.71 bits per heavy atom. The Bertz CT molecular complexity index is 109. The van der Waals surface area contributed by atoms with E-state index in [0.717, 1.165) is 25.9 Å². The molecule has 0 unspecified atom stereocenters. The summed E-state index contributed by atoms with van der Waals surface area (Å²) >= 11 is 0. The molecule has 0 saturated heterocycles. The average molecular weight is 266 g/mol. The van der Waals surface area contributed by atoms with Crippen LogP contribution < -0.4 is 5.32 Å². The summed E-state index contributed by atoms with van der Waals surface area (Å²) in [5.74, 6) is 0. The largest absolute Gasteiger partial charge is 0.396 e. The van der Waals surface area contributed by atoms with Gasteiger partial charge in [-0.15, -0.1) is 12.4 Å². The van der Waals surface area contributed by atoms with Crippen LogP contribution in [0.25, 0.3) is 0 Å². The maximum Gasteiger partial charge on any atom is 0.0431 e. The van der Waals surface area contributed by atoms with Gasteiger partial charge in [0.1, 0.15) is 0 Å². The molecule has 0 amide bonds. The smallest absolute Gasteiger partial charge is 0.0431 e. The van der Waals surface area contributed by atoms with Crippen molar-refractivity contribution in [3.8, 4) is 0 Å². The Balaban J connectivity index is 0. The van der Waals surface area contributed by atoms with Gasteiger partial charge in [-0.2, -0.15) is 0 Å². The van der Waals surface area contributed by atoms with Crippen LogP contribution in [0.3, 0.4) is 0 Å². The second kappa shape index (κ2) is 18.6. The van der Waals surface area contributed by atoms with Crippen molar-refractivity contribution in [3.63, 3.8) is 0 Å². The Morgan fingerprint density at radius 2 is 1.18 bits per heavy atom. The predicted molar refractivity (Wildman–Crippen MR) is 79.0 cm³/mol. The van der Waals surface area contributed by atoms with Gasteiger partial charge in [-0.3, -0.25) is 0 Å². The molecule has 3 heteroatoms. The van der Waals surface area contributed by atoms with Crippen LogP contribution in [0.4, 0.5) is 0 Å². The van der Waals surface area contributed by atoms with E-state index in [4.69, 9.17) is 5.11 Å². The molecule has 0 aliphatic carbocycles. The Morgan fingerprint density at radius 1 is 0.706 bits per heavy atom. The molecule has 0 aromatic rings. The number of hydrogen-bond acceptors (Lipinski definition) is 2. The van der Waals surface area contributed by atoms with Crippen LogP contribution in [0.1, 0.15) is 71.1 Å². The SMILES string of the molecule is CCCCCCCCCCNCCCCO.Cl. The number of unbranched alkanes of at least 4 members (excludes halogenated alkanes) is 8. The van der Waals surface area contributed by atoms with Gasteiger partial charge >= 0.3 is 0 Å². The number of nitrogens with one attached hydrogen (secondary N) is 1. The van der Waals surface area contributed by atoms with Crippen molar-refractivity contribution >= 4 is 12.4 Å². The molecular weight excluding hydrogens is 234 g/mol. The highest BCUT2D eigenvalue weighted by Gasteiger charge is 1.91. The minimum absolute atomic E-state index is 0. The van der Waals surface area contributed by atoms with E-state index in [-0.39, 0.29) is 12.4 Å². The van der Waals surface area contributed by atoms with Crippen LogP contribution in [-0.4, -0.2) is 24.8 Å². The molecule has 0 fully saturated rings. The molecule has 0 aromatic carbocycles. The molecule has 0 radical (unpaired) electrons. The van der Waals surface area contributed by atoms with E-state index < -0.39 is 0 Å². The third kappa shape index (κ3) is 18.8. The van der Waals surface area contributed by atoms with Gasteiger partial charge in [-0.05, 0) is 32.4 Å². The molecule has 0 aliphatic rings. The lowest BCUT2D eigenvalue weighted by atomic mass is 10.1. The Labute approximate surface area is 114 Å². The third-order valence-electron chi connectivity index (χ3n) is 2.97. The first-order valence-electron chi connectivity index (χ1n) is 7.23. The lowest BCUT2D eigenvalue weighted by molar-refractivity contribution is 0.283. The molecule has 0 aromatic heterocycles. The number of hydrogen-bond donors (Lipinski definition) is 2. The molecule has 2 nitrogen and oxygen atoms in total. The number of aliphatic hydroxyl groups is 1. The summed E-state index contributed by atoms with van der Waals surface area (Å²) in [6.07, 6.45) is 13.2. The van der Waals surface area contributed by atoms with E-state index in [1.165, 1.54) is 51.4 Å². The van der Waals surface area contributed by atoms with Gasteiger partial charge in [0.25, 0.3) is 0 Å². The molecule has 0 heterocycles. The van der Waals surface area contributed by atoms with Crippen LogP contribution in [0.15, 0.2) is 0 Å². The van der Waals surface area contributed by atoms with E-state index in [9.17, 15) is 0 Å². The lowest BCUT2D eigenvalue weighted by Crippen LogP contribution is -2.16. The van der Waals surface area contributed by atoms with Crippen molar-refractivity contribution in [1.82, 2.24) is 5.32 Å². The van der Waals surface area contributed by atoms with Gasteiger partial charge in [-0.25, -0.2) is 0 Å². The molecule has 0 rings (SSSR count). The van der Waals surface area contributed by atoms with Gasteiger partial charge in [0, 0.05) is 6.61 Å². The van der Waals surface area contributed by atoms with Crippen LogP contribution in [0.5, 0.6) is 0 Å². The van der Waals surface area contributed by atoms with Crippen molar-refractivity contribution in [2.45, 2.75) is 71.1 Å². The van der Waals surface area contributed by atoms with Gasteiger partial charge in [0.05, 0.1) is 0 Å². The summed E-state index contributed by atoms with van der Waals surface area (Å²) in [7, 11) is 0. The maximum atomic E-state index is 8.60. The molecule has 0 spiro atoms. The van der Waals surface area contributed by atoms with Crippen LogP contribution in [-0.2, 0) is 0 Å². The summed E-state index contributed by atoms with van der Waals surface area (Å²) in [6.45, 7) is 4.82. The molecule has 0 bridgehead atoms. The first-order valence-corrected chi connectivity index (χ1v) is 7.23. The highest BCUT2D eigenvalue weighted by molar-refractivity contribution is 5.85. The van der Waals surface area contributed by atoms with E-state index in [2.05, 4.69) is 12.2 Å². The molecule has 2 N–H and O–H groups in total.